The monoisotopic (exact) mass is 273 g/mol. The van der Waals surface area contributed by atoms with Gasteiger partial charge in [-0.05, 0) is 33.3 Å². The lowest BCUT2D eigenvalue weighted by Crippen LogP contribution is -2.46. The van der Waals surface area contributed by atoms with Crippen molar-refractivity contribution in [2.45, 2.75) is 44.8 Å². The first-order chi connectivity index (χ1) is 8.09. The Bertz CT molecular complexity index is 366. The summed E-state index contributed by atoms with van der Waals surface area (Å²) < 4.78 is 0. The molecule has 0 saturated heterocycles. The normalized spacial score (nSPS) is 23.8. The summed E-state index contributed by atoms with van der Waals surface area (Å²) >= 11 is 1.45. The van der Waals surface area contributed by atoms with Crippen LogP contribution in [0.3, 0.4) is 0 Å². The second-order valence-corrected chi connectivity index (χ2v) is 6.67. The Morgan fingerprint density at radius 1 is 1.56 bits per heavy atom. The van der Waals surface area contributed by atoms with Crippen molar-refractivity contribution in [1.29, 1.82) is 0 Å². The first-order valence-electron chi connectivity index (χ1n) is 5.85. The zero-order chi connectivity index (χ0) is 14.1. The van der Waals surface area contributed by atoms with E-state index >= 15 is 0 Å². The minimum atomic E-state index is -0.993. The molecule has 0 bridgehead atoms. The van der Waals surface area contributed by atoms with E-state index in [0.29, 0.717) is 11.5 Å². The zero-order valence-electron chi connectivity index (χ0n) is 11.3. The molecule has 0 aromatic rings. The molecule has 1 rings (SSSR count). The number of hydrogen-bond donors (Lipinski definition) is 2. The largest absolute Gasteiger partial charge is 0.784 e. The topological polar surface area (TPSA) is 89.6 Å². The van der Waals surface area contributed by atoms with E-state index in [1.54, 1.807) is 0 Å². The summed E-state index contributed by atoms with van der Waals surface area (Å²) in [6.45, 7) is 7.53. The SMILES string of the molecule is CC1(C)C=C(CSC[C@@H](N)C(=O)O)C(C)(C)N1[O-]. The van der Waals surface area contributed by atoms with Crippen LogP contribution in [-0.4, -0.2) is 44.8 Å². The van der Waals surface area contributed by atoms with Gasteiger partial charge < -0.3 is 21.1 Å². The Morgan fingerprint density at radius 2 is 2.11 bits per heavy atom. The van der Waals surface area contributed by atoms with E-state index in [2.05, 4.69) is 0 Å². The van der Waals surface area contributed by atoms with Crippen molar-refractivity contribution >= 4 is 17.7 Å². The number of nitrogens with two attached hydrogens (primary N) is 1. The summed E-state index contributed by atoms with van der Waals surface area (Å²) in [6, 6.07) is -0.850. The molecule has 1 aliphatic heterocycles. The molecule has 1 heterocycles. The lowest BCUT2D eigenvalue weighted by molar-refractivity contribution is -0.137. The van der Waals surface area contributed by atoms with Crippen LogP contribution in [0, 0.1) is 5.21 Å². The highest BCUT2D eigenvalue weighted by Gasteiger charge is 2.39. The second-order valence-electron chi connectivity index (χ2n) is 5.64. The van der Waals surface area contributed by atoms with E-state index in [1.165, 1.54) is 11.8 Å². The van der Waals surface area contributed by atoms with E-state index in [0.717, 1.165) is 10.6 Å². The predicted molar refractivity (Wildman–Crippen MR) is 74.4 cm³/mol. The summed E-state index contributed by atoms with van der Waals surface area (Å²) in [5, 5.41) is 21.9. The quantitative estimate of drug-likeness (QED) is 0.736. The van der Waals surface area contributed by atoms with E-state index in [-0.39, 0.29) is 0 Å². The van der Waals surface area contributed by atoms with Crippen LogP contribution >= 0.6 is 11.8 Å². The minimum Gasteiger partial charge on any atom is -0.784 e. The van der Waals surface area contributed by atoms with E-state index in [4.69, 9.17) is 10.8 Å². The van der Waals surface area contributed by atoms with Crippen molar-refractivity contribution in [3.63, 3.8) is 0 Å². The van der Waals surface area contributed by atoms with Gasteiger partial charge in [-0.25, -0.2) is 0 Å². The number of hydroxylamine groups is 2. The molecule has 18 heavy (non-hydrogen) atoms. The standard InChI is InChI=1S/C12H21N2O3S/c1-11(2)5-8(12(3,4)14(11)17)6-18-7-9(13)10(15)16/h5,9H,6-7,13H2,1-4H3,(H,15,16)/q-1/t9-/m1/s1. The molecule has 1 atom stereocenters. The second kappa shape index (κ2) is 5.21. The molecule has 5 nitrogen and oxygen atoms in total. The van der Waals surface area contributed by atoms with E-state index in [9.17, 15) is 10.0 Å². The highest BCUT2D eigenvalue weighted by atomic mass is 32.2. The van der Waals surface area contributed by atoms with Gasteiger partial charge in [-0.1, -0.05) is 6.08 Å². The average Bonchev–Trinajstić information content (AvgIpc) is 2.39. The van der Waals surface area contributed by atoms with Gasteiger partial charge >= 0.3 is 5.97 Å². The summed E-state index contributed by atoms with van der Waals surface area (Å²) in [4.78, 5) is 10.6. The van der Waals surface area contributed by atoms with Gasteiger partial charge in [0.25, 0.3) is 0 Å². The molecule has 0 spiro atoms. The van der Waals surface area contributed by atoms with E-state index in [1.807, 2.05) is 33.8 Å². The van der Waals surface area contributed by atoms with Gasteiger partial charge in [0.2, 0.25) is 0 Å². The fourth-order valence-corrected chi connectivity index (χ4v) is 3.27. The number of carboxylic acid groups (broad SMARTS) is 1. The maximum atomic E-state index is 12.1. The Kier molecular flexibility index (Phi) is 4.48. The lowest BCUT2D eigenvalue weighted by Gasteiger charge is -2.47. The number of carboxylic acids is 1. The molecular formula is C12H21N2O3S-. The third-order valence-corrected chi connectivity index (χ3v) is 4.33. The summed E-state index contributed by atoms with van der Waals surface area (Å²) in [5.74, 6) is -0.00833. The van der Waals surface area contributed by atoms with Crippen LogP contribution in [0.2, 0.25) is 0 Å². The van der Waals surface area contributed by atoms with Crippen LogP contribution < -0.4 is 5.73 Å². The Hall–Kier alpha value is -0.560. The van der Waals surface area contributed by atoms with Crippen molar-refractivity contribution in [3.8, 4) is 0 Å². The number of aliphatic carboxylic acids is 1. The van der Waals surface area contributed by atoms with Gasteiger partial charge in [-0.3, -0.25) is 4.79 Å². The maximum absolute atomic E-state index is 12.1. The van der Waals surface area contributed by atoms with E-state index < -0.39 is 23.1 Å². The van der Waals surface area contributed by atoms with Crippen LogP contribution in [-0.2, 0) is 4.79 Å². The molecule has 6 heteroatoms. The number of hydrogen-bond acceptors (Lipinski definition) is 5. The highest BCUT2D eigenvalue weighted by Crippen LogP contribution is 2.40. The van der Waals surface area contributed by atoms with Crippen LogP contribution in [0.5, 0.6) is 0 Å². The number of thioether (sulfide) groups is 1. The van der Waals surface area contributed by atoms with Crippen molar-refractivity contribution in [2.24, 2.45) is 5.73 Å². The van der Waals surface area contributed by atoms with Gasteiger partial charge in [0.05, 0.1) is 0 Å². The molecular weight excluding hydrogens is 252 g/mol. The molecule has 104 valence electrons. The van der Waals surface area contributed by atoms with Gasteiger partial charge in [0, 0.05) is 22.6 Å². The zero-order valence-corrected chi connectivity index (χ0v) is 12.1. The molecule has 0 aromatic heterocycles. The fraction of sp³-hybridized carbons (Fsp3) is 0.750. The van der Waals surface area contributed by atoms with Gasteiger partial charge in [-0.15, -0.1) is 0 Å². The fourth-order valence-electron chi connectivity index (χ4n) is 2.10. The highest BCUT2D eigenvalue weighted by molar-refractivity contribution is 7.99. The van der Waals surface area contributed by atoms with Gasteiger partial charge in [0.1, 0.15) is 6.04 Å². The first-order valence-corrected chi connectivity index (χ1v) is 7.00. The molecule has 3 N–H and O–H groups in total. The maximum Gasteiger partial charge on any atom is 0.321 e. The third kappa shape index (κ3) is 3.06. The Labute approximate surface area is 112 Å². The Morgan fingerprint density at radius 3 is 2.50 bits per heavy atom. The van der Waals surface area contributed by atoms with Crippen molar-refractivity contribution < 1.29 is 9.90 Å². The molecule has 0 saturated carbocycles. The number of rotatable bonds is 5. The summed E-state index contributed by atoms with van der Waals surface area (Å²) in [7, 11) is 0. The van der Waals surface area contributed by atoms with Crippen LogP contribution in [0.1, 0.15) is 27.7 Å². The van der Waals surface area contributed by atoms with Gasteiger partial charge in [-0.2, -0.15) is 11.8 Å². The Balaban J connectivity index is 2.60. The van der Waals surface area contributed by atoms with Crippen LogP contribution in [0.15, 0.2) is 11.6 Å². The molecule has 0 amide bonds. The average molecular weight is 273 g/mol. The molecule has 0 aliphatic carbocycles. The van der Waals surface area contributed by atoms with Crippen LogP contribution in [0.25, 0.3) is 0 Å². The molecule has 0 radical (unpaired) electrons. The summed E-state index contributed by atoms with van der Waals surface area (Å²) in [5.41, 5.74) is 5.43. The number of nitrogens with zero attached hydrogens (tertiary/aromatic N) is 1. The van der Waals surface area contributed by atoms with Crippen LogP contribution in [0.4, 0.5) is 0 Å². The molecule has 0 fully saturated rings. The lowest BCUT2D eigenvalue weighted by atomic mass is 9.98. The minimum absolute atomic E-state index is 0.349. The van der Waals surface area contributed by atoms with Crippen molar-refractivity contribution in [3.05, 3.63) is 16.9 Å². The van der Waals surface area contributed by atoms with Crippen molar-refractivity contribution in [1.82, 2.24) is 5.06 Å². The summed E-state index contributed by atoms with van der Waals surface area (Å²) in [6.07, 6.45) is 1.97. The molecule has 0 aromatic carbocycles. The molecule has 1 aliphatic rings. The van der Waals surface area contributed by atoms with Crippen molar-refractivity contribution in [2.75, 3.05) is 11.5 Å². The number of carbonyl (C=O) groups is 1. The predicted octanol–water partition coefficient (Wildman–Crippen LogP) is 1.43. The first kappa shape index (κ1) is 15.5. The van der Waals surface area contributed by atoms with Gasteiger partial charge in [0.15, 0.2) is 0 Å². The molecule has 0 unspecified atom stereocenters. The smallest absolute Gasteiger partial charge is 0.321 e. The third-order valence-electron chi connectivity index (χ3n) is 3.22.